The number of aromatic amines is 1. The lowest BCUT2D eigenvalue weighted by Gasteiger charge is -2.24. The van der Waals surface area contributed by atoms with Crippen molar-refractivity contribution >= 4 is 5.91 Å². The van der Waals surface area contributed by atoms with E-state index in [0.29, 0.717) is 19.3 Å². The number of carbonyl (C=O) groups excluding carboxylic acids is 1. The molecule has 0 saturated heterocycles. The number of nitrogens with zero attached hydrogens (tertiary/aromatic N) is 1. The zero-order chi connectivity index (χ0) is 19.4. The van der Waals surface area contributed by atoms with Crippen molar-refractivity contribution in [3.05, 3.63) is 58.0 Å². The van der Waals surface area contributed by atoms with Gasteiger partial charge in [0.2, 0.25) is 11.5 Å². The van der Waals surface area contributed by atoms with E-state index in [1.165, 1.54) is 6.07 Å². The van der Waals surface area contributed by atoms with Gasteiger partial charge < -0.3 is 16.0 Å². The molecule has 0 spiro atoms. The first-order valence-corrected chi connectivity index (χ1v) is 9.20. The summed E-state index contributed by atoms with van der Waals surface area (Å²) in [5.41, 5.74) is 8.90. The van der Waals surface area contributed by atoms with Gasteiger partial charge in [-0.2, -0.15) is 5.26 Å². The number of pyridine rings is 1. The molecule has 0 bridgehead atoms. The molecule has 1 heterocycles. The lowest BCUT2D eigenvalue weighted by Crippen LogP contribution is -2.54. The largest absolute Gasteiger partial charge is 0.338 e. The van der Waals surface area contributed by atoms with E-state index in [4.69, 9.17) is 5.73 Å². The lowest BCUT2D eigenvalue weighted by atomic mass is 9.96. The number of nitrogens with one attached hydrogen (secondary N) is 2. The minimum atomic E-state index is -0.833. The van der Waals surface area contributed by atoms with E-state index >= 15 is 0 Å². The van der Waals surface area contributed by atoms with E-state index in [1.807, 2.05) is 31.2 Å². The molecule has 1 aliphatic carbocycles. The zero-order valence-electron chi connectivity index (χ0n) is 15.4. The van der Waals surface area contributed by atoms with Crippen LogP contribution >= 0.6 is 0 Å². The number of H-pyrrole nitrogens is 1. The Hall–Kier alpha value is -2.91. The second-order valence-corrected chi connectivity index (χ2v) is 7.28. The molecule has 140 valence electrons. The molecular formula is C21H24N4O2. The Morgan fingerprint density at radius 3 is 2.52 bits per heavy atom. The minimum absolute atomic E-state index is 0.125. The highest BCUT2D eigenvalue weighted by atomic mass is 16.2. The van der Waals surface area contributed by atoms with Gasteiger partial charge in [-0.1, -0.05) is 37.1 Å². The molecule has 6 nitrogen and oxygen atoms in total. The average Bonchev–Trinajstić information content (AvgIpc) is 3.10. The van der Waals surface area contributed by atoms with Gasteiger partial charge in [0.05, 0.1) is 11.6 Å². The maximum atomic E-state index is 12.4. The van der Waals surface area contributed by atoms with Gasteiger partial charge in [0.15, 0.2) is 0 Å². The van der Waals surface area contributed by atoms with Crippen LogP contribution in [0.5, 0.6) is 0 Å². The lowest BCUT2D eigenvalue weighted by molar-refractivity contribution is -0.126. The van der Waals surface area contributed by atoms with Crippen LogP contribution in [0, 0.1) is 18.3 Å². The van der Waals surface area contributed by atoms with Crippen LogP contribution in [0.25, 0.3) is 11.1 Å². The molecule has 2 aromatic rings. The molecule has 27 heavy (non-hydrogen) atoms. The third kappa shape index (κ3) is 4.26. The van der Waals surface area contributed by atoms with Crippen molar-refractivity contribution in [1.29, 1.82) is 5.26 Å². The highest BCUT2D eigenvalue weighted by molar-refractivity contribution is 5.86. The van der Waals surface area contributed by atoms with Crippen LogP contribution in [-0.2, 0) is 11.2 Å². The van der Waals surface area contributed by atoms with Gasteiger partial charge in [0, 0.05) is 23.7 Å². The molecule has 1 aromatic carbocycles. The van der Waals surface area contributed by atoms with Gasteiger partial charge in [-0.25, -0.2) is 0 Å². The number of hydrogen-bond donors (Lipinski definition) is 3. The van der Waals surface area contributed by atoms with E-state index < -0.39 is 11.6 Å². The molecule has 4 N–H and O–H groups in total. The van der Waals surface area contributed by atoms with Gasteiger partial charge in [-0.05, 0) is 37.0 Å². The van der Waals surface area contributed by atoms with E-state index in [0.717, 1.165) is 35.2 Å². The van der Waals surface area contributed by atoms with Crippen molar-refractivity contribution in [3.8, 4) is 17.2 Å². The SMILES string of the molecule is Cc1[nH]c(=O)ccc1-c1ccc(CC(C#N)NC(=O)C2(N)CCCC2)cc1. The van der Waals surface area contributed by atoms with Crippen LogP contribution in [0.15, 0.2) is 41.2 Å². The molecule has 3 rings (SSSR count). The molecule has 1 aromatic heterocycles. The monoisotopic (exact) mass is 364 g/mol. The maximum Gasteiger partial charge on any atom is 0.248 e. The molecule has 1 fully saturated rings. The topological polar surface area (TPSA) is 112 Å². The van der Waals surface area contributed by atoms with Gasteiger partial charge in [0.1, 0.15) is 6.04 Å². The number of aryl methyl sites for hydroxylation is 1. The normalized spacial score (nSPS) is 16.5. The van der Waals surface area contributed by atoms with E-state index in [2.05, 4.69) is 16.4 Å². The summed E-state index contributed by atoms with van der Waals surface area (Å²) >= 11 is 0. The summed E-state index contributed by atoms with van der Waals surface area (Å²) in [5, 5.41) is 12.2. The Bertz CT molecular complexity index is 918. The molecule has 1 aliphatic rings. The second kappa shape index (κ2) is 7.77. The van der Waals surface area contributed by atoms with Crippen LogP contribution in [-0.4, -0.2) is 22.5 Å². The Labute approximate surface area is 158 Å². The summed E-state index contributed by atoms with van der Waals surface area (Å²) in [4.78, 5) is 26.6. The van der Waals surface area contributed by atoms with Gasteiger partial charge in [0.25, 0.3) is 0 Å². The summed E-state index contributed by atoms with van der Waals surface area (Å²) < 4.78 is 0. The highest BCUT2D eigenvalue weighted by Gasteiger charge is 2.37. The molecule has 1 amide bonds. The average molecular weight is 364 g/mol. The van der Waals surface area contributed by atoms with Gasteiger partial charge in [-0.3, -0.25) is 9.59 Å². The van der Waals surface area contributed by atoms with E-state index in [9.17, 15) is 14.9 Å². The van der Waals surface area contributed by atoms with Crippen LogP contribution in [0.3, 0.4) is 0 Å². The van der Waals surface area contributed by atoms with E-state index in [-0.39, 0.29) is 11.5 Å². The second-order valence-electron chi connectivity index (χ2n) is 7.28. The molecular weight excluding hydrogens is 340 g/mol. The number of benzene rings is 1. The number of nitrogens with two attached hydrogens (primary N) is 1. The Balaban J connectivity index is 1.68. The molecule has 1 atom stereocenters. The smallest absolute Gasteiger partial charge is 0.248 e. The van der Waals surface area contributed by atoms with Crippen LogP contribution < -0.4 is 16.6 Å². The Kier molecular flexibility index (Phi) is 5.43. The fourth-order valence-electron chi connectivity index (χ4n) is 3.61. The Morgan fingerprint density at radius 1 is 1.26 bits per heavy atom. The number of amides is 1. The number of carbonyl (C=O) groups is 1. The third-order valence-corrected chi connectivity index (χ3v) is 5.23. The molecule has 6 heteroatoms. The van der Waals surface area contributed by atoms with Crippen LogP contribution in [0.2, 0.25) is 0 Å². The maximum absolute atomic E-state index is 12.4. The van der Waals surface area contributed by atoms with Crippen molar-refractivity contribution < 1.29 is 4.79 Å². The quantitative estimate of drug-likeness (QED) is 0.755. The predicted molar refractivity (Wildman–Crippen MR) is 104 cm³/mol. The fourth-order valence-corrected chi connectivity index (χ4v) is 3.61. The van der Waals surface area contributed by atoms with Crippen LogP contribution in [0.1, 0.15) is 36.9 Å². The van der Waals surface area contributed by atoms with Crippen molar-refractivity contribution in [2.24, 2.45) is 5.73 Å². The summed E-state index contributed by atoms with van der Waals surface area (Å²) in [5.74, 6) is -0.230. The molecule has 0 radical (unpaired) electrons. The summed E-state index contributed by atoms with van der Waals surface area (Å²) in [6.07, 6.45) is 3.66. The molecule has 0 aliphatic heterocycles. The zero-order valence-corrected chi connectivity index (χ0v) is 15.4. The Morgan fingerprint density at radius 2 is 1.93 bits per heavy atom. The number of nitriles is 1. The minimum Gasteiger partial charge on any atom is -0.338 e. The van der Waals surface area contributed by atoms with Gasteiger partial charge >= 0.3 is 0 Å². The third-order valence-electron chi connectivity index (χ3n) is 5.23. The highest BCUT2D eigenvalue weighted by Crippen LogP contribution is 2.27. The summed E-state index contributed by atoms with van der Waals surface area (Å²) in [7, 11) is 0. The predicted octanol–water partition coefficient (Wildman–Crippen LogP) is 2.17. The molecule has 1 unspecified atom stereocenters. The van der Waals surface area contributed by atoms with Crippen molar-refractivity contribution in [3.63, 3.8) is 0 Å². The number of rotatable bonds is 5. The van der Waals surface area contributed by atoms with Crippen molar-refractivity contribution in [2.45, 2.75) is 50.6 Å². The first-order valence-electron chi connectivity index (χ1n) is 9.20. The van der Waals surface area contributed by atoms with E-state index in [1.54, 1.807) is 6.07 Å². The van der Waals surface area contributed by atoms with Crippen molar-refractivity contribution in [2.75, 3.05) is 0 Å². The number of hydrogen-bond acceptors (Lipinski definition) is 4. The molecule has 1 saturated carbocycles. The van der Waals surface area contributed by atoms with Crippen molar-refractivity contribution in [1.82, 2.24) is 10.3 Å². The van der Waals surface area contributed by atoms with Gasteiger partial charge in [-0.15, -0.1) is 0 Å². The summed E-state index contributed by atoms with van der Waals surface area (Å²) in [6, 6.07) is 12.6. The standard InChI is InChI=1S/C21H24N4O2/c1-14-18(8-9-19(26)24-14)16-6-4-15(5-7-16)12-17(13-22)25-20(27)21(23)10-2-3-11-21/h4-9,17H,2-3,10-12,23H2,1H3,(H,24,26)(H,25,27). The number of aromatic nitrogens is 1. The first-order chi connectivity index (χ1) is 12.9. The summed E-state index contributed by atoms with van der Waals surface area (Å²) in [6.45, 7) is 1.86. The first kappa shape index (κ1) is 18.9. The van der Waals surface area contributed by atoms with Crippen LogP contribution in [0.4, 0.5) is 0 Å². The fraction of sp³-hybridized carbons (Fsp3) is 0.381.